The van der Waals surface area contributed by atoms with Crippen LogP contribution in [0, 0.1) is 6.92 Å². The van der Waals surface area contributed by atoms with E-state index in [0.29, 0.717) is 5.56 Å². The number of hydrogen-bond donors (Lipinski definition) is 3. The molecular formula is C17H15N5O3S2. The predicted octanol–water partition coefficient (Wildman–Crippen LogP) is 1.81. The summed E-state index contributed by atoms with van der Waals surface area (Å²) in [6, 6.07) is 10.9. The maximum Gasteiger partial charge on any atom is 0.342 e. The molecule has 3 aromatic rings. The van der Waals surface area contributed by atoms with Crippen molar-refractivity contribution >= 4 is 35.2 Å². The zero-order chi connectivity index (χ0) is 19.2. The number of nitrogens with one attached hydrogen (secondary N) is 3. The SMILES string of the molecule is Cc1ccsc1/C=N\NC(=O)C(Sc1n[nH]c(=O)[nH]c1=O)c1ccccc1. The van der Waals surface area contributed by atoms with Crippen molar-refractivity contribution < 1.29 is 4.79 Å². The number of aromatic nitrogens is 3. The topological polar surface area (TPSA) is 120 Å². The van der Waals surface area contributed by atoms with Crippen LogP contribution < -0.4 is 16.7 Å². The van der Waals surface area contributed by atoms with E-state index in [-0.39, 0.29) is 5.03 Å². The van der Waals surface area contributed by atoms with E-state index in [0.717, 1.165) is 22.2 Å². The van der Waals surface area contributed by atoms with Crippen LogP contribution >= 0.6 is 23.1 Å². The second kappa shape index (κ2) is 8.60. The molecule has 2 heterocycles. The smallest absolute Gasteiger partial charge is 0.271 e. The van der Waals surface area contributed by atoms with Gasteiger partial charge in [0.1, 0.15) is 5.25 Å². The summed E-state index contributed by atoms with van der Waals surface area (Å²) in [6.07, 6.45) is 1.58. The molecule has 0 fully saturated rings. The molecule has 0 saturated carbocycles. The minimum Gasteiger partial charge on any atom is -0.271 e. The predicted molar refractivity (Wildman–Crippen MR) is 105 cm³/mol. The fourth-order valence-corrected chi connectivity index (χ4v) is 3.88. The molecule has 1 atom stereocenters. The number of thiophene rings is 1. The third kappa shape index (κ3) is 4.80. The van der Waals surface area contributed by atoms with Crippen molar-refractivity contribution in [3.63, 3.8) is 0 Å². The first-order valence-electron chi connectivity index (χ1n) is 7.82. The van der Waals surface area contributed by atoms with Crippen LogP contribution in [-0.2, 0) is 4.79 Å². The van der Waals surface area contributed by atoms with Gasteiger partial charge in [0.2, 0.25) is 0 Å². The number of carbonyl (C=O) groups excluding carboxylic acids is 1. The van der Waals surface area contributed by atoms with Gasteiger partial charge in [-0.1, -0.05) is 42.1 Å². The van der Waals surface area contributed by atoms with Crippen molar-refractivity contribution in [1.82, 2.24) is 20.6 Å². The van der Waals surface area contributed by atoms with E-state index in [9.17, 15) is 14.4 Å². The molecule has 27 heavy (non-hydrogen) atoms. The van der Waals surface area contributed by atoms with Gasteiger partial charge in [-0.25, -0.2) is 15.3 Å². The first-order chi connectivity index (χ1) is 13.0. The maximum atomic E-state index is 12.7. The Kier molecular flexibility index (Phi) is 5.99. The average Bonchev–Trinajstić information content (AvgIpc) is 3.06. The molecule has 0 spiro atoms. The highest BCUT2D eigenvalue weighted by Crippen LogP contribution is 2.32. The van der Waals surface area contributed by atoms with Gasteiger partial charge in [0.15, 0.2) is 5.03 Å². The number of amides is 1. The van der Waals surface area contributed by atoms with Gasteiger partial charge < -0.3 is 0 Å². The Balaban J connectivity index is 1.82. The molecular weight excluding hydrogens is 386 g/mol. The molecule has 8 nitrogen and oxygen atoms in total. The Bertz CT molecular complexity index is 1070. The van der Waals surface area contributed by atoms with Crippen molar-refractivity contribution in [3.8, 4) is 0 Å². The Morgan fingerprint density at radius 3 is 2.74 bits per heavy atom. The zero-order valence-electron chi connectivity index (χ0n) is 14.1. The van der Waals surface area contributed by atoms with Crippen molar-refractivity contribution in [2.75, 3.05) is 0 Å². The summed E-state index contributed by atoms with van der Waals surface area (Å²) >= 11 is 2.44. The number of rotatable bonds is 6. The number of hydrazone groups is 1. The molecule has 0 aliphatic heterocycles. The van der Waals surface area contributed by atoms with Gasteiger partial charge in [-0.3, -0.25) is 14.6 Å². The van der Waals surface area contributed by atoms with Crippen LogP contribution in [0.15, 0.2) is 61.5 Å². The van der Waals surface area contributed by atoms with Crippen molar-refractivity contribution in [3.05, 3.63) is 78.6 Å². The first-order valence-corrected chi connectivity index (χ1v) is 9.58. The van der Waals surface area contributed by atoms with Gasteiger partial charge in [-0.15, -0.1) is 11.3 Å². The number of benzene rings is 1. The lowest BCUT2D eigenvalue weighted by Crippen LogP contribution is -2.28. The normalized spacial score (nSPS) is 12.2. The number of aryl methyl sites for hydroxylation is 1. The highest BCUT2D eigenvalue weighted by molar-refractivity contribution is 8.00. The average molecular weight is 401 g/mol. The van der Waals surface area contributed by atoms with Crippen LogP contribution in [0.2, 0.25) is 0 Å². The number of thioether (sulfide) groups is 1. The van der Waals surface area contributed by atoms with Gasteiger partial charge in [-0.05, 0) is 29.5 Å². The van der Waals surface area contributed by atoms with Crippen LogP contribution in [0.4, 0.5) is 0 Å². The lowest BCUT2D eigenvalue weighted by Gasteiger charge is -2.14. The quantitative estimate of drug-likeness (QED) is 0.331. The number of nitrogens with zero attached hydrogens (tertiary/aromatic N) is 2. The molecule has 0 aliphatic rings. The lowest BCUT2D eigenvalue weighted by atomic mass is 10.1. The van der Waals surface area contributed by atoms with Gasteiger partial charge in [0.25, 0.3) is 11.5 Å². The molecule has 138 valence electrons. The molecule has 1 unspecified atom stereocenters. The summed E-state index contributed by atoms with van der Waals surface area (Å²) in [6.45, 7) is 1.95. The zero-order valence-corrected chi connectivity index (χ0v) is 15.8. The molecule has 0 saturated heterocycles. The summed E-state index contributed by atoms with van der Waals surface area (Å²) in [7, 11) is 0. The molecule has 0 aliphatic carbocycles. The first kappa shape index (κ1) is 18.8. The third-order valence-electron chi connectivity index (χ3n) is 3.51. The van der Waals surface area contributed by atoms with Crippen LogP contribution in [0.25, 0.3) is 0 Å². The molecule has 0 bridgehead atoms. The molecule has 10 heteroatoms. The van der Waals surface area contributed by atoms with E-state index in [1.807, 2.05) is 24.4 Å². The Labute approximate surface area is 161 Å². The summed E-state index contributed by atoms with van der Waals surface area (Å²) < 4.78 is 0. The summed E-state index contributed by atoms with van der Waals surface area (Å²) in [5.41, 5.74) is 2.88. The minimum atomic E-state index is -0.771. The third-order valence-corrected chi connectivity index (χ3v) is 5.68. The fourth-order valence-electron chi connectivity index (χ4n) is 2.16. The number of aromatic amines is 2. The standard InChI is InChI=1S/C17H15N5O3S2/c1-10-7-8-26-12(10)9-18-20-14(23)13(11-5-3-2-4-6-11)27-16-15(24)19-17(25)22-21-16/h2-9,13H,1H3,(H,20,23)(H2,19,22,24,25)/b18-9-. The Morgan fingerprint density at radius 1 is 1.30 bits per heavy atom. The van der Waals surface area contributed by atoms with E-state index in [4.69, 9.17) is 0 Å². The summed E-state index contributed by atoms with van der Waals surface area (Å²) in [5, 5.41) is 11.0. The van der Waals surface area contributed by atoms with E-state index in [1.54, 1.807) is 30.5 Å². The van der Waals surface area contributed by atoms with Crippen molar-refractivity contribution in [2.45, 2.75) is 17.2 Å². The molecule has 0 radical (unpaired) electrons. The molecule has 3 N–H and O–H groups in total. The van der Waals surface area contributed by atoms with E-state index >= 15 is 0 Å². The Hall–Kier alpha value is -2.98. The highest BCUT2D eigenvalue weighted by atomic mass is 32.2. The molecule has 1 amide bonds. The largest absolute Gasteiger partial charge is 0.342 e. The van der Waals surface area contributed by atoms with Crippen LogP contribution in [0.5, 0.6) is 0 Å². The molecule has 3 rings (SSSR count). The van der Waals surface area contributed by atoms with Crippen LogP contribution in [-0.4, -0.2) is 27.3 Å². The maximum absolute atomic E-state index is 12.7. The second-order valence-corrected chi connectivity index (χ2v) is 7.46. The van der Waals surface area contributed by atoms with Gasteiger partial charge in [-0.2, -0.15) is 10.2 Å². The minimum absolute atomic E-state index is 0.0170. The van der Waals surface area contributed by atoms with Crippen LogP contribution in [0.3, 0.4) is 0 Å². The lowest BCUT2D eigenvalue weighted by molar-refractivity contribution is -0.120. The van der Waals surface area contributed by atoms with Crippen molar-refractivity contribution in [2.24, 2.45) is 5.10 Å². The Morgan fingerprint density at radius 2 is 2.07 bits per heavy atom. The van der Waals surface area contributed by atoms with Gasteiger partial charge >= 0.3 is 5.69 Å². The number of H-pyrrole nitrogens is 2. The van der Waals surface area contributed by atoms with Gasteiger partial charge in [0, 0.05) is 4.88 Å². The fraction of sp³-hybridized carbons (Fsp3) is 0.118. The van der Waals surface area contributed by atoms with Crippen LogP contribution in [0.1, 0.15) is 21.3 Å². The van der Waals surface area contributed by atoms with E-state index in [1.165, 1.54) is 11.3 Å². The summed E-state index contributed by atoms with van der Waals surface area (Å²) in [5.74, 6) is -0.413. The van der Waals surface area contributed by atoms with E-state index < -0.39 is 22.4 Å². The summed E-state index contributed by atoms with van der Waals surface area (Å²) in [4.78, 5) is 38.8. The number of carbonyl (C=O) groups is 1. The number of hydrogen-bond acceptors (Lipinski definition) is 7. The second-order valence-electron chi connectivity index (χ2n) is 5.42. The highest BCUT2D eigenvalue weighted by Gasteiger charge is 2.24. The monoisotopic (exact) mass is 401 g/mol. The van der Waals surface area contributed by atoms with Crippen molar-refractivity contribution in [1.29, 1.82) is 0 Å². The van der Waals surface area contributed by atoms with E-state index in [2.05, 4.69) is 25.7 Å². The molecule has 1 aromatic carbocycles. The van der Waals surface area contributed by atoms with Gasteiger partial charge in [0.05, 0.1) is 6.21 Å². The molecule has 2 aromatic heterocycles.